The third-order valence-corrected chi connectivity index (χ3v) is 3.25. The van der Waals surface area contributed by atoms with E-state index in [-0.39, 0.29) is 12.0 Å². The van der Waals surface area contributed by atoms with Gasteiger partial charge in [0.25, 0.3) is 0 Å². The molecule has 0 fully saturated rings. The van der Waals surface area contributed by atoms with Gasteiger partial charge in [-0.1, -0.05) is 24.3 Å². The second-order valence-corrected chi connectivity index (χ2v) is 5.99. The average molecular weight is 279 g/mol. The van der Waals surface area contributed by atoms with Gasteiger partial charge in [-0.05, 0) is 31.9 Å². The lowest BCUT2D eigenvalue weighted by atomic mass is 10.0. The van der Waals surface area contributed by atoms with Gasteiger partial charge in [0.2, 0.25) is 0 Å². The SMILES string of the molecule is COCc1ccc(CN(CCC(=O)O)C(C)(C)C)cc1. The molecule has 0 aliphatic carbocycles. The van der Waals surface area contributed by atoms with E-state index in [9.17, 15) is 4.79 Å². The van der Waals surface area contributed by atoms with Crippen LogP contribution in [0, 0.1) is 0 Å². The highest BCUT2D eigenvalue weighted by atomic mass is 16.5. The molecule has 1 aromatic rings. The van der Waals surface area contributed by atoms with Crippen molar-refractivity contribution in [3.05, 3.63) is 35.4 Å². The number of carboxylic acid groups (broad SMARTS) is 1. The van der Waals surface area contributed by atoms with Crippen LogP contribution in [-0.2, 0) is 22.7 Å². The van der Waals surface area contributed by atoms with Crippen molar-refractivity contribution in [2.45, 2.75) is 45.9 Å². The first kappa shape index (κ1) is 16.7. The van der Waals surface area contributed by atoms with E-state index < -0.39 is 5.97 Å². The lowest BCUT2D eigenvalue weighted by molar-refractivity contribution is -0.137. The molecular formula is C16H25NO3. The van der Waals surface area contributed by atoms with Gasteiger partial charge in [-0.25, -0.2) is 0 Å². The number of benzene rings is 1. The summed E-state index contributed by atoms with van der Waals surface area (Å²) in [5.74, 6) is -0.755. The number of carboxylic acids is 1. The quantitative estimate of drug-likeness (QED) is 0.833. The number of ether oxygens (including phenoxy) is 1. The highest BCUT2D eigenvalue weighted by Gasteiger charge is 2.21. The molecule has 1 N–H and O–H groups in total. The Morgan fingerprint density at radius 1 is 1.20 bits per heavy atom. The Hall–Kier alpha value is -1.39. The number of hydrogen-bond donors (Lipinski definition) is 1. The summed E-state index contributed by atoms with van der Waals surface area (Å²) in [4.78, 5) is 12.9. The molecule has 0 aliphatic rings. The summed E-state index contributed by atoms with van der Waals surface area (Å²) >= 11 is 0. The summed E-state index contributed by atoms with van der Waals surface area (Å²) in [6, 6.07) is 8.26. The van der Waals surface area contributed by atoms with E-state index in [4.69, 9.17) is 9.84 Å². The molecule has 0 saturated heterocycles. The zero-order valence-electron chi connectivity index (χ0n) is 12.8. The van der Waals surface area contributed by atoms with E-state index in [2.05, 4.69) is 49.9 Å². The summed E-state index contributed by atoms with van der Waals surface area (Å²) in [7, 11) is 1.68. The zero-order chi connectivity index (χ0) is 15.2. The van der Waals surface area contributed by atoms with E-state index >= 15 is 0 Å². The summed E-state index contributed by atoms with van der Waals surface area (Å²) in [6.07, 6.45) is 0.166. The predicted molar refractivity (Wildman–Crippen MR) is 79.6 cm³/mol. The minimum Gasteiger partial charge on any atom is -0.481 e. The van der Waals surface area contributed by atoms with Gasteiger partial charge in [0.1, 0.15) is 0 Å². The van der Waals surface area contributed by atoms with Crippen LogP contribution >= 0.6 is 0 Å². The van der Waals surface area contributed by atoms with Crippen molar-refractivity contribution >= 4 is 5.97 Å². The van der Waals surface area contributed by atoms with Crippen LogP contribution < -0.4 is 0 Å². The maximum atomic E-state index is 10.8. The molecule has 0 atom stereocenters. The molecule has 0 aliphatic heterocycles. The van der Waals surface area contributed by atoms with Crippen LogP contribution in [0.1, 0.15) is 38.3 Å². The minimum atomic E-state index is -0.755. The first-order valence-corrected chi connectivity index (χ1v) is 6.86. The van der Waals surface area contributed by atoms with Gasteiger partial charge >= 0.3 is 5.97 Å². The first-order valence-electron chi connectivity index (χ1n) is 6.86. The number of nitrogens with zero attached hydrogens (tertiary/aromatic N) is 1. The fourth-order valence-electron chi connectivity index (χ4n) is 2.01. The van der Waals surface area contributed by atoms with E-state index in [0.717, 1.165) is 12.1 Å². The van der Waals surface area contributed by atoms with E-state index in [1.54, 1.807) is 7.11 Å². The third kappa shape index (κ3) is 5.72. The highest BCUT2D eigenvalue weighted by Crippen LogP contribution is 2.18. The first-order chi connectivity index (χ1) is 9.32. The fraction of sp³-hybridized carbons (Fsp3) is 0.562. The normalized spacial score (nSPS) is 11.8. The monoisotopic (exact) mass is 279 g/mol. The Labute approximate surface area is 121 Å². The third-order valence-electron chi connectivity index (χ3n) is 3.25. The van der Waals surface area contributed by atoms with Crippen LogP contribution in [-0.4, -0.2) is 35.2 Å². The molecule has 4 nitrogen and oxygen atoms in total. The molecule has 0 amide bonds. The van der Waals surface area contributed by atoms with E-state index in [1.807, 2.05) is 0 Å². The van der Waals surface area contributed by atoms with Gasteiger partial charge in [0.15, 0.2) is 0 Å². The maximum absolute atomic E-state index is 10.8. The smallest absolute Gasteiger partial charge is 0.304 e. The molecule has 0 spiro atoms. The summed E-state index contributed by atoms with van der Waals surface area (Å²) in [6.45, 7) is 8.24. The molecule has 20 heavy (non-hydrogen) atoms. The van der Waals surface area contributed by atoms with Gasteiger partial charge in [0.05, 0.1) is 13.0 Å². The van der Waals surface area contributed by atoms with Crippen molar-refractivity contribution in [3.63, 3.8) is 0 Å². The van der Waals surface area contributed by atoms with Crippen molar-refractivity contribution in [3.8, 4) is 0 Å². The molecule has 0 unspecified atom stereocenters. The molecular weight excluding hydrogens is 254 g/mol. The van der Waals surface area contributed by atoms with Crippen LogP contribution in [0.2, 0.25) is 0 Å². The van der Waals surface area contributed by atoms with Crippen molar-refractivity contribution in [1.29, 1.82) is 0 Å². The number of rotatable bonds is 7. The van der Waals surface area contributed by atoms with Gasteiger partial charge in [0, 0.05) is 25.7 Å². The molecule has 1 aromatic carbocycles. The van der Waals surface area contributed by atoms with Crippen LogP contribution in [0.5, 0.6) is 0 Å². The Kier molecular flexibility index (Phi) is 6.17. The van der Waals surface area contributed by atoms with Crippen LogP contribution in [0.15, 0.2) is 24.3 Å². The standard InChI is InChI=1S/C16H25NO3/c1-16(2,3)17(10-9-15(18)19)11-13-5-7-14(8-6-13)12-20-4/h5-8H,9-12H2,1-4H3,(H,18,19). The topological polar surface area (TPSA) is 49.8 Å². The van der Waals surface area contributed by atoms with Gasteiger partial charge in [-0.2, -0.15) is 0 Å². The molecule has 0 saturated carbocycles. The van der Waals surface area contributed by atoms with Crippen LogP contribution in [0.4, 0.5) is 0 Å². The van der Waals surface area contributed by atoms with Gasteiger partial charge in [-0.15, -0.1) is 0 Å². The second-order valence-electron chi connectivity index (χ2n) is 5.99. The van der Waals surface area contributed by atoms with Crippen LogP contribution in [0.25, 0.3) is 0 Å². The number of carbonyl (C=O) groups is 1. The number of methoxy groups -OCH3 is 1. The molecule has 0 bridgehead atoms. The number of aliphatic carboxylic acids is 1. The molecule has 0 heterocycles. The molecule has 112 valence electrons. The molecule has 0 aromatic heterocycles. The van der Waals surface area contributed by atoms with Gasteiger partial charge < -0.3 is 9.84 Å². The summed E-state index contributed by atoms with van der Waals surface area (Å²) < 4.78 is 5.09. The number of hydrogen-bond acceptors (Lipinski definition) is 3. The largest absolute Gasteiger partial charge is 0.481 e. The van der Waals surface area contributed by atoms with Gasteiger partial charge in [-0.3, -0.25) is 9.69 Å². The van der Waals surface area contributed by atoms with Crippen molar-refractivity contribution in [2.24, 2.45) is 0 Å². The molecule has 0 radical (unpaired) electrons. The fourth-order valence-corrected chi connectivity index (χ4v) is 2.01. The Morgan fingerprint density at radius 3 is 2.20 bits per heavy atom. The zero-order valence-corrected chi connectivity index (χ0v) is 12.8. The Balaban J connectivity index is 2.71. The van der Waals surface area contributed by atoms with Crippen molar-refractivity contribution in [2.75, 3.05) is 13.7 Å². The Morgan fingerprint density at radius 2 is 1.75 bits per heavy atom. The van der Waals surface area contributed by atoms with E-state index in [0.29, 0.717) is 13.2 Å². The lowest BCUT2D eigenvalue weighted by Crippen LogP contribution is -2.42. The molecule has 1 rings (SSSR count). The Bertz CT molecular complexity index is 420. The lowest BCUT2D eigenvalue weighted by Gasteiger charge is -2.35. The van der Waals surface area contributed by atoms with Crippen LogP contribution in [0.3, 0.4) is 0 Å². The van der Waals surface area contributed by atoms with Crippen molar-refractivity contribution in [1.82, 2.24) is 4.90 Å². The highest BCUT2D eigenvalue weighted by molar-refractivity contribution is 5.66. The van der Waals surface area contributed by atoms with Crippen molar-refractivity contribution < 1.29 is 14.6 Å². The second kappa shape index (κ2) is 7.41. The summed E-state index contributed by atoms with van der Waals surface area (Å²) in [5, 5.41) is 8.85. The molecule has 4 heteroatoms. The van der Waals surface area contributed by atoms with E-state index in [1.165, 1.54) is 5.56 Å². The predicted octanol–water partition coefficient (Wildman–Crippen LogP) is 2.91. The average Bonchev–Trinajstić information content (AvgIpc) is 2.35. The maximum Gasteiger partial charge on any atom is 0.304 e. The minimum absolute atomic E-state index is 0.0549. The summed E-state index contributed by atoms with van der Waals surface area (Å²) in [5.41, 5.74) is 2.27.